The molecule has 4 N–H and O–H groups in total. The number of methoxy groups -OCH3 is 1. The first-order valence-electron chi connectivity index (χ1n) is 11.7. The van der Waals surface area contributed by atoms with Gasteiger partial charge >= 0.3 is 0 Å². The van der Waals surface area contributed by atoms with Gasteiger partial charge in [-0.2, -0.15) is 4.98 Å². The Labute approximate surface area is 205 Å². The molecule has 2 fully saturated rings. The maximum absolute atomic E-state index is 13.4. The van der Waals surface area contributed by atoms with Crippen LogP contribution >= 0.6 is 11.3 Å². The number of rotatable bonds is 9. The minimum absolute atomic E-state index is 0.0927. The van der Waals surface area contributed by atoms with Crippen LogP contribution in [0.25, 0.3) is 20.8 Å². The van der Waals surface area contributed by atoms with Gasteiger partial charge in [0.1, 0.15) is 22.4 Å². The van der Waals surface area contributed by atoms with Crippen molar-refractivity contribution in [2.75, 3.05) is 30.9 Å². The summed E-state index contributed by atoms with van der Waals surface area (Å²) in [5, 5.41) is 27.5. The predicted molar refractivity (Wildman–Crippen MR) is 129 cm³/mol. The number of pyridine rings is 1. The monoisotopic (exact) mass is 506 g/mol. The molecule has 0 unspecified atom stereocenters. The topological polar surface area (TPSA) is 125 Å². The first kappa shape index (κ1) is 24.2. The molecule has 3 aromatic heterocycles. The average Bonchev–Trinajstić information content (AvgIpc) is 3.52. The number of aliphatic hydroxyl groups is 2. The lowest BCUT2D eigenvalue weighted by Gasteiger charge is -2.21. The highest BCUT2D eigenvalue weighted by Crippen LogP contribution is 2.44. The van der Waals surface area contributed by atoms with Gasteiger partial charge in [-0.3, -0.25) is 4.98 Å². The van der Waals surface area contributed by atoms with Crippen LogP contribution in [0.5, 0.6) is 0 Å². The molecule has 0 bridgehead atoms. The van der Waals surface area contributed by atoms with Crippen molar-refractivity contribution in [3.63, 3.8) is 0 Å². The lowest BCUT2D eigenvalue weighted by Crippen LogP contribution is -2.36. The van der Waals surface area contributed by atoms with Gasteiger partial charge in [0.25, 0.3) is 0 Å². The molecule has 188 valence electrons. The summed E-state index contributed by atoms with van der Waals surface area (Å²) in [7, 11) is 1.59. The van der Waals surface area contributed by atoms with Gasteiger partial charge in [-0.15, -0.1) is 11.3 Å². The second-order valence-corrected chi connectivity index (χ2v) is 10.1. The molecule has 0 saturated heterocycles. The zero-order valence-electron chi connectivity index (χ0n) is 19.4. The maximum atomic E-state index is 13.4. The third-order valence-electron chi connectivity index (χ3n) is 6.57. The van der Waals surface area contributed by atoms with Crippen LogP contribution in [-0.4, -0.2) is 75.1 Å². The van der Waals surface area contributed by atoms with Crippen LogP contribution in [0.2, 0.25) is 0 Å². The Bertz CT molecular complexity index is 1210. The molecule has 0 aliphatic heterocycles. The maximum Gasteiger partial charge on any atom is 0.244 e. The van der Waals surface area contributed by atoms with Crippen LogP contribution in [0.1, 0.15) is 36.6 Å². The minimum atomic E-state index is -2.73. The zero-order valence-corrected chi connectivity index (χ0v) is 20.2. The lowest BCUT2D eigenvalue weighted by molar-refractivity contribution is -0.0333. The predicted octanol–water partition coefficient (Wildman–Crippen LogP) is 3.18. The summed E-state index contributed by atoms with van der Waals surface area (Å²) in [5.74, 6) is -0.186. The van der Waals surface area contributed by atoms with E-state index in [-0.39, 0.29) is 6.42 Å². The second-order valence-electron chi connectivity index (χ2n) is 9.08. The Hall–Kier alpha value is -2.54. The van der Waals surface area contributed by atoms with Gasteiger partial charge in [0, 0.05) is 25.8 Å². The van der Waals surface area contributed by atoms with E-state index in [2.05, 4.69) is 25.6 Å². The van der Waals surface area contributed by atoms with Crippen molar-refractivity contribution >= 4 is 33.3 Å². The van der Waals surface area contributed by atoms with E-state index in [1.807, 2.05) is 13.0 Å². The molecule has 2 aliphatic rings. The molecule has 3 heterocycles. The van der Waals surface area contributed by atoms with E-state index in [4.69, 9.17) is 9.72 Å². The largest absolute Gasteiger partial charge is 0.390 e. The highest BCUT2D eigenvalue weighted by Gasteiger charge is 2.46. The van der Waals surface area contributed by atoms with Gasteiger partial charge in [-0.05, 0) is 32.3 Å². The zero-order chi connectivity index (χ0) is 24.7. The van der Waals surface area contributed by atoms with Gasteiger partial charge in [0.05, 0.1) is 46.3 Å². The third kappa shape index (κ3) is 4.80. The molecule has 0 radical (unpaired) electrons. The highest BCUT2D eigenvalue weighted by molar-refractivity contribution is 7.21. The van der Waals surface area contributed by atoms with Crippen LogP contribution in [0.3, 0.4) is 0 Å². The van der Waals surface area contributed by atoms with E-state index >= 15 is 0 Å². The Balaban J connectivity index is 1.54. The molecule has 0 amide bonds. The van der Waals surface area contributed by atoms with E-state index in [0.29, 0.717) is 47.1 Å². The van der Waals surface area contributed by atoms with E-state index in [0.717, 1.165) is 28.8 Å². The number of aromatic nitrogens is 4. The summed E-state index contributed by atoms with van der Waals surface area (Å²) in [5.41, 5.74) is 3.12. The molecule has 35 heavy (non-hydrogen) atoms. The van der Waals surface area contributed by atoms with Crippen LogP contribution in [-0.2, 0) is 4.74 Å². The van der Waals surface area contributed by atoms with Gasteiger partial charge in [0.15, 0.2) is 0 Å². The van der Waals surface area contributed by atoms with Crippen LogP contribution in [0.4, 0.5) is 20.5 Å². The van der Waals surface area contributed by atoms with Crippen molar-refractivity contribution in [3.05, 3.63) is 23.7 Å². The number of hydrogen-bond acceptors (Lipinski definition) is 10. The molecule has 2 aliphatic carbocycles. The molecule has 0 aromatic carbocycles. The summed E-state index contributed by atoms with van der Waals surface area (Å²) < 4.78 is 32.8. The molecule has 0 spiro atoms. The third-order valence-corrected chi connectivity index (χ3v) is 7.60. The van der Waals surface area contributed by atoms with E-state index < -0.39 is 30.6 Å². The molecule has 3 aromatic rings. The number of ether oxygens (including phenoxy) is 1. The molecule has 5 rings (SSSR count). The van der Waals surface area contributed by atoms with Gasteiger partial charge in [0.2, 0.25) is 12.4 Å². The SMILES string of the molecule is COCCNc1nc(C)c(-c2nc3c(C4CC4)nccc3s2)c(N[C@@H]2C[C@H](C(F)F)[C@@H](O)[C@H]2O)n1. The number of anilines is 2. The smallest absolute Gasteiger partial charge is 0.244 e. The normalized spacial score (nSPS) is 24.4. The number of hydrogen-bond donors (Lipinski definition) is 4. The summed E-state index contributed by atoms with van der Waals surface area (Å²) in [4.78, 5) is 18.6. The first-order chi connectivity index (χ1) is 16.9. The van der Waals surface area contributed by atoms with Crippen LogP contribution in [0.15, 0.2) is 12.3 Å². The first-order valence-corrected chi connectivity index (χ1v) is 12.5. The highest BCUT2D eigenvalue weighted by atomic mass is 32.1. The van der Waals surface area contributed by atoms with Crippen molar-refractivity contribution in [2.45, 2.75) is 56.8 Å². The van der Waals surface area contributed by atoms with Crippen LogP contribution in [0, 0.1) is 12.8 Å². The minimum Gasteiger partial charge on any atom is -0.390 e. The molecule has 12 heteroatoms. The van der Waals surface area contributed by atoms with Gasteiger partial charge in [-0.1, -0.05) is 0 Å². The summed E-state index contributed by atoms with van der Waals surface area (Å²) in [6.07, 6.45) is -1.71. The number of alkyl halides is 2. The number of nitrogens with zero attached hydrogens (tertiary/aromatic N) is 4. The molecular formula is C23H28F2N6O3S. The van der Waals surface area contributed by atoms with Crippen LogP contribution < -0.4 is 10.6 Å². The number of aliphatic hydroxyl groups excluding tert-OH is 2. The molecule has 9 nitrogen and oxygen atoms in total. The van der Waals surface area contributed by atoms with E-state index in [1.165, 1.54) is 11.3 Å². The lowest BCUT2D eigenvalue weighted by atomic mass is 10.1. The van der Waals surface area contributed by atoms with Gasteiger partial charge < -0.3 is 25.6 Å². The van der Waals surface area contributed by atoms with Crippen molar-refractivity contribution in [3.8, 4) is 10.6 Å². The quantitative estimate of drug-likeness (QED) is 0.324. The fraction of sp³-hybridized carbons (Fsp3) is 0.565. The average molecular weight is 507 g/mol. The number of fused-ring (bicyclic) bond motifs is 1. The van der Waals surface area contributed by atoms with Crippen molar-refractivity contribution in [1.82, 2.24) is 19.9 Å². The fourth-order valence-corrected chi connectivity index (χ4v) is 5.62. The second kappa shape index (κ2) is 9.84. The summed E-state index contributed by atoms with van der Waals surface area (Å²) in [6.45, 7) is 2.76. The van der Waals surface area contributed by atoms with E-state index in [1.54, 1.807) is 13.3 Å². The number of aryl methyl sites for hydroxylation is 1. The Kier molecular flexibility index (Phi) is 6.80. The fourth-order valence-electron chi connectivity index (χ4n) is 4.55. The Morgan fingerprint density at radius 3 is 2.69 bits per heavy atom. The van der Waals surface area contributed by atoms with Gasteiger partial charge in [-0.25, -0.2) is 18.7 Å². The summed E-state index contributed by atoms with van der Waals surface area (Å²) in [6, 6.07) is 1.12. The Morgan fingerprint density at radius 2 is 2.00 bits per heavy atom. The Morgan fingerprint density at radius 1 is 1.20 bits per heavy atom. The summed E-state index contributed by atoms with van der Waals surface area (Å²) >= 11 is 1.49. The molecule has 2 saturated carbocycles. The number of halogens is 2. The van der Waals surface area contributed by atoms with E-state index in [9.17, 15) is 19.0 Å². The number of thiazole rings is 1. The standard InChI is InChI=1S/C23H28F2N6O3S/c1-10-15(22-30-17-14(35-22)5-6-26-16(17)11-3-4-11)21(31-23(28-10)27-7-8-34-2)29-13-9-12(20(24)25)18(32)19(13)33/h5-6,11-13,18-20,32-33H,3-4,7-9H2,1-2H3,(H2,27,28,29,31)/t12-,13+,18+,19-/m0/s1. The van der Waals surface area contributed by atoms with Crippen molar-refractivity contribution in [2.24, 2.45) is 5.92 Å². The van der Waals surface area contributed by atoms with Crippen molar-refractivity contribution < 1.29 is 23.7 Å². The number of nitrogens with one attached hydrogen (secondary N) is 2. The molecule has 4 atom stereocenters. The molecular weight excluding hydrogens is 478 g/mol. The van der Waals surface area contributed by atoms with Crippen molar-refractivity contribution in [1.29, 1.82) is 0 Å².